The first kappa shape index (κ1) is 17.9. The first-order valence-corrected chi connectivity index (χ1v) is 10.3. The van der Waals surface area contributed by atoms with Gasteiger partial charge < -0.3 is 14.6 Å². The monoisotopic (exact) mass is 388 g/mol. The van der Waals surface area contributed by atoms with Crippen molar-refractivity contribution in [1.82, 2.24) is 0 Å². The lowest BCUT2D eigenvalue weighted by Crippen LogP contribution is -2.24. The van der Waals surface area contributed by atoms with E-state index >= 15 is 0 Å². The summed E-state index contributed by atoms with van der Waals surface area (Å²) in [7, 11) is -3.25. The first-order valence-electron chi connectivity index (χ1n) is 8.77. The van der Waals surface area contributed by atoms with Crippen molar-refractivity contribution in [3.63, 3.8) is 0 Å². The Morgan fingerprint density at radius 3 is 2.44 bits per heavy atom. The van der Waals surface area contributed by atoms with Crippen LogP contribution in [0, 0.1) is 0 Å². The van der Waals surface area contributed by atoms with E-state index in [0.717, 1.165) is 5.56 Å². The number of carboxylic acid groups (broad SMARTS) is 1. The first-order chi connectivity index (χ1) is 12.7. The molecule has 142 valence electrons. The average Bonchev–Trinajstić information content (AvgIpc) is 3.39. The number of sulfone groups is 1. The van der Waals surface area contributed by atoms with Gasteiger partial charge in [0.05, 0.1) is 15.7 Å². The molecule has 2 aromatic rings. The Bertz CT molecular complexity index is 1020. The molecule has 0 radical (unpaired) electrons. The molecular weight excluding hydrogens is 368 g/mol. The average molecular weight is 388 g/mol. The van der Waals surface area contributed by atoms with E-state index in [1.54, 1.807) is 12.1 Å². The quantitative estimate of drug-likeness (QED) is 0.837. The van der Waals surface area contributed by atoms with E-state index in [9.17, 15) is 18.3 Å². The van der Waals surface area contributed by atoms with Crippen LogP contribution >= 0.6 is 0 Å². The molecule has 0 amide bonds. The summed E-state index contributed by atoms with van der Waals surface area (Å²) in [6.07, 6.45) is 2.01. The van der Waals surface area contributed by atoms with Gasteiger partial charge in [-0.1, -0.05) is 0 Å². The minimum atomic E-state index is -3.25. The van der Waals surface area contributed by atoms with Crippen LogP contribution in [0.15, 0.2) is 41.3 Å². The van der Waals surface area contributed by atoms with Gasteiger partial charge in [-0.05, 0) is 63.1 Å². The van der Waals surface area contributed by atoms with Crippen LogP contribution in [0.4, 0.5) is 0 Å². The normalized spacial score (nSPS) is 17.9. The summed E-state index contributed by atoms with van der Waals surface area (Å²) < 4.78 is 36.3. The molecule has 0 spiro atoms. The van der Waals surface area contributed by atoms with Crippen molar-refractivity contribution in [3.8, 4) is 17.2 Å². The zero-order valence-electron chi connectivity index (χ0n) is 15.1. The van der Waals surface area contributed by atoms with Crippen molar-refractivity contribution in [2.24, 2.45) is 0 Å². The SMILES string of the molecule is CC1(C)Cc2c(Oc3ccc(S(=O)(=O)C4CC4)cc3)cc(C(=O)O)cc2O1. The molecule has 2 aromatic carbocycles. The van der Waals surface area contributed by atoms with E-state index in [0.29, 0.717) is 36.5 Å². The second-order valence-electron chi connectivity index (χ2n) is 7.61. The summed E-state index contributed by atoms with van der Waals surface area (Å²) in [5.74, 6) is 0.289. The van der Waals surface area contributed by atoms with E-state index < -0.39 is 21.4 Å². The van der Waals surface area contributed by atoms with E-state index in [1.807, 2.05) is 13.8 Å². The summed E-state index contributed by atoms with van der Waals surface area (Å²) in [5.41, 5.74) is 0.439. The molecule has 4 rings (SSSR count). The number of hydrogen-bond acceptors (Lipinski definition) is 5. The largest absolute Gasteiger partial charge is 0.487 e. The Kier molecular flexibility index (Phi) is 3.96. The molecule has 7 heteroatoms. The van der Waals surface area contributed by atoms with Crippen molar-refractivity contribution in [2.45, 2.75) is 48.9 Å². The fourth-order valence-electron chi connectivity index (χ4n) is 3.25. The van der Waals surface area contributed by atoms with Crippen molar-refractivity contribution in [2.75, 3.05) is 0 Å². The number of carbonyl (C=O) groups is 1. The van der Waals surface area contributed by atoms with Crippen LogP contribution in [0.1, 0.15) is 42.6 Å². The number of rotatable bonds is 5. The van der Waals surface area contributed by atoms with Gasteiger partial charge in [0.25, 0.3) is 0 Å². The van der Waals surface area contributed by atoms with Crippen LogP contribution in [-0.4, -0.2) is 30.3 Å². The van der Waals surface area contributed by atoms with Crippen LogP contribution in [0.25, 0.3) is 0 Å². The smallest absolute Gasteiger partial charge is 0.335 e. The molecule has 0 unspecified atom stereocenters. The molecule has 1 fully saturated rings. The van der Waals surface area contributed by atoms with Gasteiger partial charge in [0, 0.05) is 12.0 Å². The highest BCUT2D eigenvalue weighted by Gasteiger charge is 2.37. The molecule has 0 atom stereocenters. The van der Waals surface area contributed by atoms with E-state index in [4.69, 9.17) is 9.47 Å². The number of fused-ring (bicyclic) bond motifs is 1. The van der Waals surface area contributed by atoms with Gasteiger partial charge in [-0.2, -0.15) is 0 Å². The lowest BCUT2D eigenvalue weighted by Gasteiger charge is -2.16. The molecule has 27 heavy (non-hydrogen) atoms. The maximum Gasteiger partial charge on any atom is 0.335 e. The molecule has 0 aromatic heterocycles. The molecule has 1 N–H and O–H groups in total. The topological polar surface area (TPSA) is 89.9 Å². The highest BCUT2D eigenvalue weighted by atomic mass is 32.2. The summed E-state index contributed by atoms with van der Waals surface area (Å²) >= 11 is 0. The molecule has 6 nitrogen and oxygen atoms in total. The van der Waals surface area contributed by atoms with Crippen molar-refractivity contribution in [1.29, 1.82) is 0 Å². The predicted molar refractivity (Wildman–Crippen MR) is 98.5 cm³/mol. The van der Waals surface area contributed by atoms with Crippen molar-refractivity contribution >= 4 is 15.8 Å². The van der Waals surface area contributed by atoms with Gasteiger partial charge in [0.15, 0.2) is 9.84 Å². The molecule has 1 aliphatic heterocycles. The minimum absolute atomic E-state index is 0.0781. The third-order valence-corrected chi connectivity index (χ3v) is 7.03. The predicted octanol–water partition coefficient (Wildman–Crippen LogP) is 3.83. The van der Waals surface area contributed by atoms with Crippen LogP contribution in [0.5, 0.6) is 17.2 Å². The van der Waals surface area contributed by atoms with Gasteiger partial charge in [-0.3, -0.25) is 0 Å². The Labute approximate surface area is 157 Å². The Balaban J connectivity index is 1.66. The van der Waals surface area contributed by atoms with Crippen LogP contribution in [-0.2, 0) is 16.3 Å². The Hall–Kier alpha value is -2.54. The van der Waals surface area contributed by atoms with Crippen molar-refractivity contribution < 1.29 is 27.8 Å². The summed E-state index contributed by atoms with van der Waals surface area (Å²) in [5, 5.41) is 9.08. The maximum atomic E-state index is 12.3. The second-order valence-corrected chi connectivity index (χ2v) is 9.84. The van der Waals surface area contributed by atoms with Gasteiger partial charge in [-0.15, -0.1) is 0 Å². The highest BCUT2D eigenvalue weighted by Crippen LogP contribution is 2.43. The molecule has 0 bridgehead atoms. The third kappa shape index (κ3) is 3.39. The zero-order valence-corrected chi connectivity index (χ0v) is 15.9. The summed E-state index contributed by atoms with van der Waals surface area (Å²) in [6, 6.07) is 9.23. The van der Waals surface area contributed by atoms with Gasteiger partial charge in [0.2, 0.25) is 0 Å². The molecule has 2 aliphatic rings. The molecular formula is C20H20O6S. The second kappa shape index (κ2) is 5.99. The number of ether oxygens (including phenoxy) is 2. The molecule has 1 saturated carbocycles. The van der Waals surface area contributed by atoms with E-state index in [1.165, 1.54) is 24.3 Å². The minimum Gasteiger partial charge on any atom is -0.487 e. The molecule has 1 aliphatic carbocycles. The molecule has 0 saturated heterocycles. The van der Waals surface area contributed by atoms with Gasteiger partial charge in [-0.25, -0.2) is 13.2 Å². The van der Waals surface area contributed by atoms with Crippen LogP contribution < -0.4 is 9.47 Å². The highest BCUT2D eigenvalue weighted by molar-refractivity contribution is 7.92. The standard InChI is InChI=1S/C20H20O6S/c1-20(2)11-16-17(9-12(19(21)22)10-18(16)26-20)25-13-3-5-14(6-4-13)27(23,24)15-7-8-15/h3-6,9-10,15H,7-8,11H2,1-2H3,(H,21,22). The summed E-state index contributed by atoms with van der Waals surface area (Å²) in [6.45, 7) is 3.85. The van der Waals surface area contributed by atoms with E-state index in [-0.39, 0.29) is 15.7 Å². The van der Waals surface area contributed by atoms with Crippen LogP contribution in [0.2, 0.25) is 0 Å². The number of carboxylic acids is 1. The number of aromatic carboxylic acids is 1. The van der Waals surface area contributed by atoms with Gasteiger partial charge in [0.1, 0.15) is 22.8 Å². The number of benzene rings is 2. The Morgan fingerprint density at radius 2 is 1.85 bits per heavy atom. The zero-order chi connectivity index (χ0) is 19.4. The van der Waals surface area contributed by atoms with E-state index in [2.05, 4.69) is 0 Å². The molecule has 1 heterocycles. The summed E-state index contributed by atoms with van der Waals surface area (Å²) in [4.78, 5) is 11.7. The fraction of sp³-hybridized carbons (Fsp3) is 0.350. The lowest BCUT2D eigenvalue weighted by atomic mass is 10.00. The maximum absolute atomic E-state index is 12.3. The third-order valence-electron chi connectivity index (χ3n) is 4.75. The fourth-order valence-corrected chi connectivity index (χ4v) is 4.91. The van der Waals surface area contributed by atoms with Gasteiger partial charge >= 0.3 is 5.97 Å². The van der Waals surface area contributed by atoms with Crippen molar-refractivity contribution in [3.05, 3.63) is 47.5 Å². The number of hydrogen-bond donors (Lipinski definition) is 1. The van der Waals surface area contributed by atoms with Crippen LogP contribution in [0.3, 0.4) is 0 Å². The lowest BCUT2D eigenvalue weighted by molar-refractivity contribution is 0.0695. The Morgan fingerprint density at radius 1 is 1.19 bits per heavy atom.